The number of halogens is 1. The molecule has 1 saturated heterocycles. The van der Waals surface area contributed by atoms with Crippen LogP contribution in [0.1, 0.15) is 25.3 Å². The van der Waals surface area contributed by atoms with Gasteiger partial charge in [-0.05, 0) is 44.0 Å². The molecule has 1 heterocycles. The minimum Gasteiger partial charge on any atom is -0.296 e. The zero-order chi connectivity index (χ0) is 9.97. The Bertz CT molecular complexity index is 311. The van der Waals surface area contributed by atoms with Crippen LogP contribution in [0.2, 0.25) is 0 Å². The topological polar surface area (TPSA) is 3.24 Å². The second-order valence-corrected chi connectivity index (χ2v) is 5.01. The highest BCUT2D eigenvalue weighted by Crippen LogP contribution is 2.20. The molecular weight excluding hydrogens is 238 g/mol. The molecule has 2 heteroatoms. The minimum atomic E-state index is 0.758. The number of benzene rings is 1. The third-order valence-corrected chi connectivity index (χ3v) is 3.46. The Balaban J connectivity index is 2.03. The summed E-state index contributed by atoms with van der Waals surface area (Å²) in [5.74, 6) is 0. The van der Waals surface area contributed by atoms with Crippen LogP contribution in [0.4, 0.5) is 0 Å². The summed E-state index contributed by atoms with van der Waals surface area (Å²) in [6, 6.07) is 9.37. The summed E-state index contributed by atoms with van der Waals surface area (Å²) >= 11 is 3.51. The lowest BCUT2D eigenvalue weighted by Gasteiger charge is -2.20. The van der Waals surface area contributed by atoms with E-state index in [1.165, 1.54) is 29.4 Å². The first-order valence-electron chi connectivity index (χ1n) is 5.24. The van der Waals surface area contributed by atoms with Gasteiger partial charge in [0.1, 0.15) is 0 Å². The van der Waals surface area contributed by atoms with E-state index in [2.05, 4.69) is 52.0 Å². The van der Waals surface area contributed by atoms with Crippen LogP contribution < -0.4 is 0 Å². The van der Waals surface area contributed by atoms with Crippen LogP contribution in [0.15, 0.2) is 28.7 Å². The van der Waals surface area contributed by atoms with Crippen LogP contribution in [-0.2, 0) is 6.54 Å². The average molecular weight is 254 g/mol. The zero-order valence-electron chi connectivity index (χ0n) is 8.54. The predicted octanol–water partition coefficient (Wildman–Crippen LogP) is 3.43. The van der Waals surface area contributed by atoms with Crippen LogP contribution in [0.5, 0.6) is 0 Å². The maximum Gasteiger partial charge on any atom is 0.0236 e. The third-order valence-electron chi connectivity index (χ3n) is 2.97. The zero-order valence-corrected chi connectivity index (χ0v) is 10.1. The molecule has 0 aliphatic carbocycles. The molecule has 1 aliphatic heterocycles. The van der Waals surface area contributed by atoms with Crippen LogP contribution in [0.25, 0.3) is 0 Å². The van der Waals surface area contributed by atoms with Gasteiger partial charge in [-0.3, -0.25) is 4.90 Å². The number of rotatable bonds is 2. The van der Waals surface area contributed by atoms with Crippen molar-refractivity contribution in [3.05, 3.63) is 34.3 Å². The van der Waals surface area contributed by atoms with Gasteiger partial charge in [0.15, 0.2) is 0 Å². The maximum atomic E-state index is 3.51. The summed E-state index contributed by atoms with van der Waals surface area (Å²) in [5, 5.41) is 0. The number of hydrogen-bond acceptors (Lipinski definition) is 1. The van der Waals surface area contributed by atoms with Gasteiger partial charge < -0.3 is 0 Å². The molecular formula is C12H16BrN. The van der Waals surface area contributed by atoms with Crippen molar-refractivity contribution in [1.82, 2.24) is 4.90 Å². The van der Waals surface area contributed by atoms with Crippen LogP contribution in [0, 0.1) is 0 Å². The lowest BCUT2D eigenvalue weighted by atomic mass is 10.2. The molecule has 0 saturated carbocycles. The molecule has 76 valence electrons. The van der Waals surface area contributed by atoms with Gasteiger partial charge in [-0.1, -0.05) is 28.1 Å². The molecule has 0 bridgehead atoms. The van der Waals surface area contributed by atoms with Gasteiger partial charge in [0, 0.05) is 17.1 Å². The predicted molar refractivity (Wildman–Crippen MR) is 63.2 cm³/mol. The van der Waals surface area contributed by atoms with E-state index in [1.807, 2.05) is 0 Å². The largest absolute Gasteiger partial charge is 0.296 e. The van der Waals surface area contributed by atoms with Crippen molar-refractivity contribution in [3.63, 3.8) is 0 Å². The first-order chi connectivity index (χ1) is 6.75. The van der Waals surface area contributed by atoms with Gasteiger partial charge in [0.25, 0.3) is 0 Å². The molecule has 1 aromatic rings. The molecule has 1 atom stereocenters. The maximum absolute atomic E-state index is 3.51. The summed E-state index contributed by atoms with van der Waals surface area (Å²) in [6.07, 6.45) is 2.71. The van der Waals surface area contributed by atoms with Gasteiger partial charge in [-0.25, -0.2) is 0 Å². The highest BCUT2D eigenvalue weighted by Gasteiger charge is 2.19. The molecule has 0 spiro atoms. The van der Waals surface area contributed by atoms with E-state index in [1.54, 1.807) is 0 Å². The van der Waals surface area contributed by atoms with E-state index in [9.17, 15) is 0 Å². The van der Waals surface area contributed by atoms with Gasteiger partial charge in [-0.2, -0.15) is 0 Å². The van der Waals surface area contributed by atoms with E-state index in [-0.39, 0.29) is 0 Å². The lowest BCUT2D eigenvalue weighted by molar-refractivity contribution is 0.260. The molecule has 0 radical (unpaired) electrons. The Morgan fingerprint density at radius 1 is 1.50 bits per heavy atom. The van der Waals surface area contributed by atoms with Gasteiger partial charge in [-0.15, -0.1) is 0 Å². The number of nitrogens with zero attached hydrogens (tertiary/aromatic N) is 1. The number of likely N-dealkylation sites (tertiary alicyclic amines) is 1. The fourth-order valence-electron chi connectivity index (χ4n) is 2.10. The summed E-state index contributed by atoms with van der Waals surface area (Å²) in [6.45, 7) is 4.68. The molecule has 0 N–H and O–H groups in total. The monoisotopic (exact) mass is 253 g/mol. The van der Waals surface area contributed by atoms with Crippen LogP contribution in [-0.4, -0.2) is 17.5 Å². The van der Waals surface area contributed by atoms with Crippen molar-refractivity contribution in [2.45, 2.75) is 32.4 Å². The lowest BCUT2D eigenvalue weighted by Crippen LogP contribution is -2.26. The highest BCUT2D eigenvalue weighted by molar-refractivity contribution is 9.10. The van der Waals surface area contributed by atoms with Crippen LogP contribution in [0.3, 0.4) is 0 Å². The second-order valence-electron chi connectivity index (χ2n) is 4.09. The van der Waals surface area contributed by atoms with Gasteiger partial charge in [0.2, 0.25) is 0 Å². The Hall–Kier alpha value is -0.340. The molecule has 1 aromatic carbocycles. The third kappa shape index (κ3) is 2.37. The highest BCUT2D eigenvalue weighted by atomic mass is 79.9. The molecule has 1 fully saturated rings. The van der Waals surface area contributed by atoms with Gasteiger partial charge in [0.05, 0.1) is 0 Å². The molecule has 0 amide bonds. The van der Waals surface area contributed by atoms with E-state index < -0.39 is 0 Å². The summed E-state index contributed by atoms with van der Waals surface area (Å²) in [5.41, 5.74) is 1.41. The summed E-state index contributed by atoms with van der Waals surface area (Å²) in [4.78, 5) is 2.56. The Morgan fingerprint density at radius 3 is 3.00 bits per heavy atom. The molecule has 14 heavy (non-hydrogen) atoms. The Morgan fingerprint density at radius 2 is 2.36 bits per heavy atom. The molecule has 0 aromatic heterocycles. The normalized spacial score (nSPS) is 22.9. The second kappa shape index (κ2) is 4.45. The standard InChI is InChI=1S/C12H16BrN/c1-10-4-3-7-14(10)9-11-5-2-6-12(13)8-11/h2,5-6,8,10H,3-4,7,9H2,1H3/t10-/m1/s1. The summed E-state index contributed by atoms with van der Waals surface area (Å²) in [7, 11) is 0. The SMILES string of the molecule is C[C@@H]1CCCN1Cc1cccc(Br)c1. The van der Waals surface area contributed by atoms with Crippen molar-refractivity contribution < 1.29 is 0 Å². The molecule has 1 nitrogen and oxygen atoms in total. The fraction of sp³-hybridized carbons (Fsp3) is 0.500. The van der Waals surface area contributed by atoms with E-state index in [0.29, 0.717) is 0 Å². The molecule has 2 rings (SSSR count). The fourth-order valence-corrected chi connectivity index (χ4v) is 2.54. The first kappa shape index (κ1) is 10.2. The van der Waals surface area contributed by atoms with E-state index >= 15 is 0 Å². The van der Waals surface area contributed by atoms with Gasteiger partial charge >= 0.3 is 0 Å². The van der Waals surface area contributed by atoms with Crippen molar-refractivity contribution in [3.8, 4) is 0 Å². The van der Waals surface area contributed by atoms with Crippen molar-refractivity contribution in [1.29, 1.82) is 0 Å². The molecule has 0 unspecified atom stereocenters. The first-order valence-corrected chi connectivity index (χ1v) is 6.03. The molecule has 1 aliphatic rings. The van der Waals surface area contributed by atoms with Crippen molar-refractivity contribution in [2.24, 2.45) is 0 Å². The quantitative estimate of drug-likeness (QED) is 0.781. The van der Waals surface area contributed by atoms with E-state index in [4.69, 9.17) is 0 Å². The van der Waals surface area contributed by atoms with E-state index in [0.717, 1.165) is 12.6 Å². The minimum absolute atomic E-state index is 0.758. The Kier molecular flexibility index (Phi) is 3.24. The van der Waals surface area contributed by atoms with Crippen molar-refractivity contribution in [2.75, 3.05) is 6.54 Å². The smallest absolute Gasteiger partial charge is 0.0236 e. The summed E-state index contributed by atoms with van der Waals surface area (Å²) < 4.78 is 1.18. The Labute approximate surface area is 94.2 Å². The number of hydrogen-bond donors (Lipinski definition) is 0. The average Bonchev–Trinajstić information content (AvgIpc) is 2.52. The van der Waals surface area contributed by atoms with Crippen LogP contribution >= 0.6 is 15.9 Å². The van der Waals surface area contributed by atoms with Crippen molar-refractivity contribution >= 4 is 15.9 Å².